The van der Waals surface area contributed by atoms with E-state index in [4.69, 9.17) is 9.84 Å². The molecule has 0 aromatic heterocycles. The minimum atomic E-state index is -0.164. The van der Waals surface area contributed by atoms with Crippen LogP contribution in [0.3, 0.4) is 0 Å². The van der Waals surface area contributed by atoms with Gasteiger partial charge in [-0.15, -0.1) is 0 Å². The molecular weight excluding hydrogens is 252 g/mol. The number of allylic oxidation sites excluding steroid dienone is 3. The smallest absolute Gasteiger partial charge is 0.305 e. The molecule has 0 aliphatic carbocycles. The zero-order chi connectivity index (χ0) is 14.9. The second kappa shape index (κ2) is 16.0. The van der Waals surface area contributed by atoms with Gasteiger partial charge in [-0.25, -0.2) is 0 Å². The maximum absolute atomic E-state index is 11.2. The highest BCUT2D eigenvalue weighted by Gasteiger charge is 2.00. The molecule has 0 aromatic rings. The van der Waals surface area contributed by atoms with Gasteiger partial charge in [-0.2, -0.15) is 0 Å². The highest BCUT2D eigenvalue weighted by molar-refractivity contribution is 5.69. The van der Waals surface area contributed by atoms with E-state index in [2.05, 4.69) is 31.2 Å². The van der Waals surface area contributed by atoms with Crippen molar-refractivity contribution in [3.05, 3.63) is 24.3 Å². The lowest BCUT2D eigenvalue weighted by atomic mass is 10.2. The first-order chi connectivity index (χ1) is 9.81. The van der Waals surface area contributed by atoms with Gasteiger partial charge in [0.2, 0.25) is 0 Å². The van der Waals surface area contributed by atoms with Crippen molar-refractivity contribution in [3.63, 3.8) is 0 Å². The molecule has 0 saturated carbocycles. The molecule has 116 valence electrons. The van der Waals surface area contributed by atoms with Gasteiger partial charge >= 0.3 is 5.97 Å². The Kier molecular flexibility index (Phi) is 15.1. The van der Waals surface area contributed by atoms with Crippen LogP contribution in [0.5, 0.6) is 0 Å². The Labute approximate surface area is 123 Å². The predicted molar refractivity (Wildman–Crippen MR) is 83.6 cm³/mol. The lowest BCUT2D eigenvalue weighted by Gasteiger charge is -2.01. The van der Waals surface area contributed by atoms with Crippen molar-refractivity contribution in [2.45, 2.75) is 64.7 Å². The van der Waals surface area contributed by atoms with E-state index in [1.54, 1.807) is 0 Å². The van der Waals surface area contributed by atoms with E-state index >= 15 is 0 Å². The highest BCUT2D eigenvalue weighted by atomic mass is 16.5. The number of carbonyl (C=O) groups excluding carboxylic acids is 1. The van der Waals surface area contributed by atoms with E-state index in [0.717, 1.165) is 12.8 Å². The Morgan fingerprint density at radius 3 is 2.45 bits per heavy atom. The topological polar surface area (TPSA) is 46.5 Å². The Morgan fingerprint density at radius 1 is 1.00 bits per heavy atom. The Morgan fingerprint density at radius 2 is 1.75 bits per heavy atom. The second-order valence-electron chi connectivity index (χ2n) is 4.86. The lowest BCUT2D eigenvalue weighted by molar-refractivity contribution is -0.143. The van der Waals surface area contributed by atoms with Crippen molar-refractivity contribution in [3.8, 4) is 0 Å². The number of aliphatic hydroxyl groups is 1. The molecule has 0 fully saturated rings. The standard InChI is InChI=1S/C17H30O3/c1-2-3-4-5-6-7-8-9-10-13-16-20-17(19)14-11-12-15-18/h6-7,9-10,18H,2-5,8,11-16H2,1H3/b7-6+,10-9-. The molecule has 0 spiro atoms. The molecule has 0 bridgehead atoms. The normalized spacial score (nSPS) is 11.5. The van der Waals surface area contributed by atoms with Crippen LogP contribution in [-0.4, -0.2) is 24.3 Å². The number of ether oxygens (including phenoxy) is 1. The summed E-state index contributed by atoms with van der Waals surface area (Å²) in [4.78, 5) is 11.2. The fourth-order valence-electron chi connectivity index (χ4n) is 1.71. The summed E-state index contributed by atoms with van der Waals surface area (Å²) in [5, 5.41) is 8.59. The van der Waals surface area contributed by atoms with Gasteiger partial charge in [0.15, 0.2) is 0 Å². The van der Waals surface area contributed by atoms with Gasteiger partial charge in [-0.1, -0.05) is 44.1 Å². The Hall–Kier alpha value is -1.09. The molecule has 0 aliphatic rings. The molecule has 0 amide bonds. The van der Waals surface area contributed by atoms with Gasteiger partial charge in [-0.05, 0) is 38.5 Å². The molecule has 0 unspecified atom stereocenters. The number of hydrogen-bond acceptors (Lipinski definition) is 3. The zero-order valence-corrected chi connectivity index (χ0v) is 12.9. The number of unbranched alkanes of at least 4 members (excludes halogenated alkanes) is 4. The molecule has 0 aromatic carbocycles. The van der Waals surface area contributed by atoms with Crippen LogP contribution in [-0.2, 0) is 9.53 Å². The third-order valence-corrected chi connectivity index (χ3v) is 2.92. The molecule has 1 N–H and O–H groups in total. The maximum Gasteiger partial charge on any atom is 0.305 e. The van der Waals surface area contributed by atoms with E-state index in [9.17, 15) is 4.79 Å². The van der Waals surface area contributed by atoms with Gasteiger partial charge in [0.25, 0.3) is 0 Å². The van der Waals surface area contributed by atoms with Gasteiger partial charge in [0, 0.05) is 13.0 Å². The summed E-state index contributed by atoms with van der Waals surface area (Å²) in [5.74, 6) is -0.164. The summed E-state index contributed by atoms with van der Waals surface area (Å²) < 4.78 is 5.07. The third-order valence-electron chi connectivity index (χ3n) is 2.92. The number of aliphatic hydroxyl groups excluding tert-OH is 1. The average Bonchev–Trinajstić information content (AvgIpc) is 2.45. The summed E-state index contributed by atoms with van der Waals surface area (Å²) >= 11 is 0. The van der Waals surface area contributed by atoms with E-state index in [-0.39, 0.29) is 12.6 Å². The van der Waals surface area contributed by atoms with Crippen LogP contribution in [0.2, 0.25) is 0 Å². The van der Waals surface area contributed by atoms with Crippen LogP contribution in [0.1, 0.15) is 64.7 Å². The monoisotopic (exact) mass is 282 g/mol. The quantitative estimate of drug-likeness (QED) is 0.313. The van der Waals surface area contributed by atoms with Crippen LogP contribution in [0.25, 0.3) is 0 Å². The van der Waals surface area contributed by atoms with Crippen LogP contribution < -0.4 is 0 Å². The molecule has 20 heavy (non-hydrogen) atoms. The average molecular weight is 282 g/mol. The fourth-order valence-corrected chi connectivity index (χ4v) is 1.71. The molecule has 0 heterocycles. The molecular formula is C17H30O3. The Bertz CT molecular complexity index is 269. The molecule has 0 aliphatic heterocycles. The van der Waals surface area contributed by atoms with E-state index in [1.807, 2.05) is 0 Å². The van der Waals surface area contributed by atoms with Crippen molar-refractivity contribution in [2.75, 3.05) is 13.2 Å². The minimum absolute atomic E-state index is 0.141. The number of hydrogen-bond donors (Lipinski definition) is 1. The summed E-state index contributed by atoms with van der Waals surface area (Å²) in [6.07, 6.45) is 17.1. The van der Waals surface area contributed by atoms with E-state index in [1.165, 1.54) is 25.7 Å². The number of esters is 1. The van der Waals surface area contributed by atoms with Crippen LogP contribution >= 0.6 is 0 Å². The molecule has 0 atom stereocenters. The first kappa shape index (κ1) is 18.9. The Balaban J connectivity index is 3.32. The van der Waals surface area contributed by atoms with Crippen LogP contribution in [0.4, 0.5) is 0 Å². The first-order valence-electron chi connectivity index (χ1n) is 7.87. The van der Waals surface area contributed by atoms with Gasteiger partial charge in [0.05, 0.1) is 6.61 Å². The van der Waals surface area contributed by atoms with Crippen molar-refractivity contribution in [1.82, 2.24) is 0 Å². The molecule has 0 rings (SSSR count). The van der Waals surface area contributed by atoms with Crippen molar-refractivity contribution in [1.29, 1.82) is 0 Å². The van der Waals surface area contributed by atoms with E-state index < -0.39 is 0 Å². The summed E-state index contributed by atoms with van der Waals surface area (Å²) in [7, 11) is 0. The van der Waals surface area contributed by atoms with Gasteiger partial charge in [0.1, 0.15) is 0 Å². The fraction of sp³-hybridized carbons (Fsp3) is 0.706. The molecule has 3 nitrogen and oxygen atoms in total. The van der Waals surface area contributed by atoms with E-state index in [0.29, 0.717) is 25.9 Å². The third kappa shape index (κ3) is 15.0. The summed E-state index contributed by atoms with van der Waals surface area (Å²) in [5.41, 5.74) is 0. The number of carbonyl (C=O) groups is 1. The maximum atomic E-state index is 11.2. The molecule has 3 heteroatoms. The largest absolute Gasteiger partial charge is 0.465 e. The summed E-state index contributed by atoms with van der Waals surface area (Å²) in [6, 6.07) is 0. The van der Waals surface area contributed by atoms with Crippen molar-refractivity contribution < 1.29 is 14.6 Å². The van der Waals surface area contributed by atoms with Crippen molar-refractivity contribution in [2.24, 2.45) is 0 Å². The predicted octanol–water partition coefficient (Wildman–Crippen LogP) is 4.17. The number of rotatable bonds is 13. The first-order valence-corrected chi connectivity index (χ1v) is 7.87. The second-order valence-corrected chi connectivity index (χ2v) is 4.86. The summed E-state index contributed by atoms with van der Waals surface area (Å²) in [6.45, 7) is 2.81. The highest BCUT2D eigenvalue weighted by Crippen LogP contribution is 2.01. The van der Waals surface area contributed by atoms with Crippen LogP contribution in [0.15, 0.2) is 24.3 Å². The van der Waals surface area contributed by atoms with Gasteiger partial charge < -0.3 is 9.84 Å². The zero-order valence-electron chi connectivity index (χ0n) is 12.9. The van der Waals surface area contributed by atoms with Crippen LogP contribution in [0, 0.1) is 0 Å². The molecule has 0 saturated heterocycles. The minimum Gasteiger partial charge on any atom is -0.465 e. The lowest BCUT2D eigenvalue weighted by Crippen LogP contribution is -2.05. The molecule has 0 radical (unpaired) electrons. The van der Waals surface area contributed by atoms with Gasteiger partial charge in [-0.3, -0.25) is 4.79 Å². The SMILES string of the molecule is CCCCC/C=C/C/C=C\CCOC(=O)CCCCO. The van der Waals surface area contributed by atoms with Crippen molar-refractivity contribution >= 4 is 5.97 Å².